The van der Waals surface area contributed by atoms with Gasteiger partial charge in [-0.1, -0.05) is 25.2 Å². The van der Waals surface area contributed by atoms with Crippen LogP contribution in [0.15, 0.2) is 12.1 Å². The number of ketones is 1. The number of rotatable bonds is 6. The van der Waals surface area contributed by atoms with Crippen molar-refractivity contribution < 1.29 is 9.90 Å². The van der Waals surface area contributed by atoms with Crippen LogP contribution in [0.3, 0.4) is 0 Å². The molecule has 5 rings (SSSR count). The van der Waals surface area contributed by atoms with Crippen LogP contribution in [-0.2, 0) is 5.41 Å². The molecule has 3 atom stereocenters. The van der Waals surface area contributed by atoms with Gasteiger partial charge in [0, 0.05) is 25.3 Å². The van der Waals surface area contributed by atoms with Gasteiger partial charge in [-0.15, -0.1) is 0 Å². The quantitative estimate of drug-likeness (QED) is 0.726. The third kappa shape index (κ3) is 2.88. The van der Waals surface area contributed by atoms with Crippen LogP contribution in [0.4, 0.5) is 5.13 Å². The normalized spacial score (nSPS) is 29.9. The second-order valence-corrected chi connectivity index (χ2v) is 10.1. The predicted octanol–water partition coefficient (Wildman–Crippen LogP) is 3.67. The number of aliphatic hydroxyl groups is 1. The summed E-state index contributed by atoms with van der Waals surface area (Å²) in [5.41, 5.74) is 3.14. The molecule has 5 nitrogen and oxygen atoms in total. The fourth-order valence-electron chi connectivity index (χ4n) is 5.18. The topological polar surface area (TPSA) is 65.5 Å². The lowest BCUT2D eigenvalue weighted by molar-refractivity contribution is 0.0267. The maximum absolute atomic E-state index is 13.6. The predicted molar refractivity (Wildman–Crippen MR) is 113 cm³/mol. The van der Waals surface area contributed by atoms with Gasteiger partial charge in [-0.05, 0) is 67.2 Å². The summed E-state index contributed by atoms with van der Waals surface area (Å²) in [5.74, 6) is 1.45. The van der Waals surface area contributed by atoms with Crippen molar-refractivity contribution in [3.63, 3.8) is 0 Å². The van der Waals surface area contributed by atoms with Crippen molar-refractivity contribution in [2.75, 3.05) is 31.6 Å². The summed E-state index contributed by atoms with van der Waals surface area (Å²) in [6.07, 6.45) is 4.47. The Morgan fingerprint density at radius 3 is 2.96 bits per heavy atom. The van der Waals surface area contributed by atoms with Crippen LogP contribution in [-0.4, -0.2) is 53.1 Å². The molecule has 6 heteroatoms. The van der Waals surface area contributed by atoms with Crippen molar-refractivity contribution in [3.8, 4) is 0 Å². The maximum atomic E-state index is 13.6. The van der Waals surface area contributed by atoms with Gasteiger partial charge in [0.25, 0.3) is 0 Å². The molecule has 2 bridgehead atoms. The van der Waals surface area contributed by atoms with Crippen LogP contribution in [0.5, 0.6) is 0 Å². The molecule has 1 saturated carbocycles. The number of fused-ring (bicyclic) bond motifs is 5. The molecule has 2 N–H and O–H groups in total. The van der Waals surface area contributed by atoms with Gasteiger partial charge in [-0.2, -0.15) is 0 Å². The number of piperidine rings is 1. The van der Waals surface area contributed by atoms with Gasteiger partial charge in [0.2, 0.25) is 0 Å². The van der Waals surface area contributed by atoms with Crippen LogP contribution >= 0.6 is 11.3 Å². The molecule has 1 aromatic heterocycles. The number of benzene rings is 1. The number of aromatic nitrogens is 1. The first-order valence-corrected chi connectivity index (χ1v) is 11.4. The maximum Gasteiger partial charge on any atom is 0.183 e. The van der Waals surface area contributed by atoms with E-state index in [2.05, 4.69) is 36.2 Å². The van der Waals surface area contributed by atoms with Crippen LogP contribution in [0.25, 0.3) is 10.2 Å². The van der Waals surface area contributed by atoms with E-state index in [9.17, 15) is 4.79 Å². The summed E-state index contributed by atoms with van der Waals surface area (Å²) in [4.78, 5) is 20.8. The van der Waals surface area contributed by atoms with E-state index < -0.39 is 0 Å². The Morgan fingerprint density at radius 2 is 2.21 bits per heavy atom. The minimum atomic E-state index is 0.0272. The molecule has 0 radical (unpaired) electrons. The number of nitrogens with one attached hydrogen (secondary N) is 1. The van der Waals surface area contributed by atoms with Gasteiger partial charge in [-0.25, -0.2) is 4.98 Å². The standard InChI is InChI=1S/C22H29N3O2S/c1-13-19-20(27)15-10-18-17(24-21(28-18)23-7-3-9-26)11-16(15)22(13,2)6-8-25(19)12-14-4-5-14/h10-11,13-14,19,26H,3-9,12H2,1-2H3,(H,23,24)/t13-,19?,22+/m0/s1. The minimum absolute atomic E-state index is 0.0272. The Kier molecular flexibility index (Phi) is 4.49. The highest BCUT2D eigenvalue weighted by Crippen LogP contribution is 2.50. The van der Waals surface area contributed by atoms with E-state index in [1.165, 1.54) is 18.4 Å². The smallest absolute Gasteiger partial charge is 0.183 e. The van der Waals surface area contributed by atoms with E-state index >= 15 is 0 Å². The highest BCUT2D eigenvalue weighted by Gasteiger charge is 2.53. The minimum Gasteiger partial charge on any atom is -0.396 e. The van der Waals surface area contributed by atoms with Crippen molar-refractivity contribution >= 4 is 32.5 Å². The molecule has 0 spiro atoms. The first kappa shape index (κ1) is 18.5. The van der Waals surface area contributed by atoms with Crippen molar-refractivity contribution in [2.24, 2.45) is 11.8 Å². The fraction of sp³-hybridized carbons (Fsp3) is 0.636. The number of hydrogen-bond acceptors (Lipinski definition) is 6. The third-order valence-electron chi connectivity index (χ3n) is 7.27. The SMILES string of the molecule is C[C@H]1C2C(=O)c3cc4sc(NCCCO)nc4cc3[C@]1(C)CCN2CC1CC1. The van der Waals surface area contributed by atoms with Crippen LogP contribution < -0.4 is 5.32 Å². The Hall–Kier alpha value is -1.50. The average molecular weight is 400 g/mol. The third-order valence-corrected chi connectivity index (χ3v) is 8.24. The molecule has 2 fully saturated rings. The molecule has 2 aliphatic carbocycles. The molecule has 1 saturated heterocycles. The van der Waals surface area contributed by atoms with Gasteiger partial charge in [0.15, 0.2) is 10.9 Å². The first-order valence-electron chi connectivity index (χ1n) is 10.6. The summed E-state index contributed by atoms with van der Waals surface area (Å²) in [6, 6.07) is 4.30. The molecule has 2 heterocycles. The Bertz CT molecular complexity index is 922. The number of carbonyl (C=O) groups excluding carboxylic acids is 1. The number of anilines is 1. The van der Waals surface area contributed by atoms with E-state index in [1.54, 1.807) is 11.3 Å². The van der Waals surface area contributed by atoms with Crippen molar-refractivity contribution in [3.05, 3.63) is 23.3 Å². The zero-order valence-electron chi connectivity index (χ0n) is 16.7. The zero-order chi connectivity index (χ0) is 19.5. The molecule has 28 heavy (non-hydrogen) atoms. The van der Waals surface area contributed by atoms with E-state index in [4.69, 9.17) is 10.1 Å². The van der Waals surface area contributed by atoms with Crippen LogP contribution in [0.1, 0.15) is 55.5 Å². The number of thiazole rings is 1. The van der Waals surface area contributed by atoms with Crippen molar-refractivity contribution in [1.82, 2.24) is 9.88 Å². The first-order chi connectivity index (χ1) is 13.5. The molecule has 1 unspecified atom stereocenters. The highest BCUT2D eigenvalue weighted by molar-refractivity contribution is 7.22. The Balaban J connectivity index is 1.53. The molecular formula is C22H29N3O2S. The largest absolute Gasteiger partial charge is 0.396 e. The van der Waals surface area contributed by atoms with E-state index in [1.807, 2.05) is 0 Å². The number of aliphatic hydroxyl groups excluding tert-OH is 1. The molecule has 1 aromatic carbocycles. The summed E-state index contributed by atoms with van der Waals surface area (Å²) in [5, 5.41) is 13.1. The van der Waals surface area contributed by atoms with E-state index in [0.29, 0.717) is 24.7 Å². The number of nitrogens with zero attached hydrogens (tertiary/aromatic N) is 2. The fourth-order valence-corrected chi connectivity index (χ4v) is 6.09. The lowest BCUT2D eigenvalue weighted by atomic mass is 9.58. The summed E-state index contributed by atoms with van der Waals surface area (Å²) in [6.45, 7) is 7.63. The summed E-state index contributed by atoms with van der Waals surface area (Å²) in [7, 11) is 0. The second kappa shape index (κ2) is 6.78. The number of Topliss-reactive ketones (excluding diaryl/α,β-unsaturated/α-hetero) is 1. The average Bonchev–Trinajstić information content (AvgIpc) is 3.40. The summed E-state index contributed by atoms with van der Waals surface area (Å²) >= 11 is 1.60. The monoisotopic (exact) mass is 399 g/mol. The number of carbonyl (C=O) groups is 1. The van der Waals surface area contributed by atoms with E-state index in [0.717, 1.165) is 46.3 Å². The van der Waals surface area contributed by atoms with Gasteiger partial charge in [0.05, 0.1) is 16.3 Å². The summed E-state index contributed by atoms with van der Waals surface area (Å²) < 4.78 is 1.07. The molecular weight excluding hydrogens is 370 g/mol. The molecule has 0 amide bonds. The van der Waals surface area contributed by atoms with E-state index in [-0.39, 0.29) is 18.1 Å². The lowest BCUT2D eigenvalue weighted by Crippen LogP contribution is -2.61. The van der Waals surface area contributed by atoms with Crippen molar-refractivity contribution in [2.45, 2.75) is 51.0 Å². The van der Waals surface area contributed by atoms with Crippen LogP contribution in [0, 0.1) is 11.8 Å². The Labute approximate surface area is 170 Å². The van der Waals surface area contributed by atoms with Gasteiger partial charge >= 0.3 is 0 Å². The molecule has 150 valence electrons. The Morgan fingerprint density at radius 1 is 1.39 bits per heavy atom. The van der Waals surface area contributed by atoms with Crippen molar-refractivity contribution in [1.29, 1.82) is 0 Å². The zero-order valence-corrected chi connectivity index (χ0v) is 17.5. The molecule has 3 aliphatic rings. The molecule has 2 aromatic rings. The van der Waals surface area contributed by atoms with Crippen LogP contribution in [0.2, 0.25) is 0 Å². The number of likely N-dealkylation sites (tertiary alicyclic amines) is 1. The number of hydrogen-bond donors (Lipinski definition) is 2. The second-order valence-electron chi connectivity index (χ2n) is 9.09. The van der Waals surface area contributed by atoms with Gasteiger partial charge < -0.3 is 10.4 Å². The lowest BCUT2D eigenvalue weighted by Gasteiger charge is -2.53. The molecule has 1 aliphatic heterocycles. The van der Waals surface area contributed by atoms with Gasteiger partial charge in [0.1, 0.15) is 0 Å². The highest BCUT2D eigenvalue weighted by atomic mass is 32.1. The van der Waals surface area contributed by atoms with Gasteiger partial charge in [-0.3, -0.25) is 9.69 Å².